The molecule has 1 atom stereocenters. The molecule has 1 aliphatic carbocycles. The first kappa shape index (κ1) is 30.5. The van der Waals surface area contributed by atoms with Gasteiger partial charge in [-0.15, -0.1) is 0 Å². The van der Waals surface area contributed by atoms with Crippen LogP contribution in [0.2, 0.25) is 0 Å². The Bertz CT molecular complexity index is 2020. The topological polar surface area (TPSA) is 140 Å². The summed E-state index contributed by atoms with van der Waals surface area (Å²) in [5.41, 5.74) is 6.20. The van der Waals surface area contributed by atoms with E-state index in [9.17, 15) is 14.4 Å². The summed E-state index contributed by atoms with van der Waals surface area (Å²) in [6.45, 7) is 3.43. The maximum absolute atomic E-state index is 15.2. The number of halogens is 1. The van der Waals surface area contributed by atoms with Crippen molar-refractivity contribution in [2.45, 2.75) is 38.3 Å². The highest BCUT2D eigenvalue weighted by Crippen LogP contribution is 2.41. The number of carbonyl (C=O) groups excluding carboxylic acids is 2. The van der Waals surface area contributed by atoms with Crippen LogP contribution in [0.5, 0.6) is 17.2 Å². The van der Waals surface area contributed by atoms with Crippen molar-refractivity contribution in [3.8, 4) is 22.9 Å². The maximum Gasteiger partial charge on any atom is 0.323 e. The molecule has 0 aliphatic heterocycles. The number of nitrogens with zero attached hydrogens (tertiary/aromatic N) is 3. The SMILES string of the molecule is Cc1c(C(=O)Nc2ccc(Oc3ccnc4cc(OCC5(OC(=O)[C@H](C)N)CC5)ccc34)c(F)c2)c(=O)n(-c2ccccc2)n1C. The Morgan fingerprint density at radius 3 is 2.52 bits per heavy atom. The van der Waals surface area contributed by atoms with E-state index < -0.39 is 34.9 Å². The minimum atomic E-state index is -0.717. The first-order valence-corrected chi connectivity index (χ1v) is 14.7. The van der Waals surface area contributed by atoms with E-state index in [2.05, 4.69) is 10.3 Å². The van der Waals surface area contributed by atoms with Crippen LogP contribution >= 0.6 is 0 Å². The number of pyridine rings is 1. The molecule has 2 heterocycles. The van der Waals surface area contributed by atoms with Crippen molar-refractivity contribution >= 4 is 28.5 Å². The molecule has 0 radical (unpaired) electrons. The second-order valence-electron chi connectivity index (χ2n) is 11.3. The molecular formula is C34H32FN5O6. The lowest BCUT2D eigenvalue weighted by Gasteiger charge is -2.19. The van der Waals surface area contributed by atoms with Crippen molar-refractivity contribution in [2.24, 2.45) is 12.8 Å². The second kappa shape index (κ2) is 12.1. The zero-order chi connectivity index (χ0) is 32.6. The summed E-state index contributed by atoms with van der Waals surface area (Å²) in [5.74, 6) is -1.03. The third-order valence-electron chi connectivity index (χ3n) is 7.86. The van der Waals surface area contributed by atoms with Crippen LogP contribution < -0.4 is 26.1 Å². The molecule has 3 N–H and O–H groups in total. The lowest BCUT2D eigenvalue weighted by atomic mass is 10.2. The quantitative estimate of drug-likeness (QED) is 0.206. The molecule has 12 heteroatoms. The smallest absolute Gasteiger partial charge is 0.323 e. The molecule has 2 aromatic heterocycles. The van der Waals surface area contributed by atoms with Crippen molar-refractivity contribution < 1.29 is 28.2 Å². The molecule has 5 aromatic rings. The van der Waals surface area contributed by atoms with Crippen LogP contribution in [-0.2, 0) is 16.6 Å². The fourth-order valence-corrected chi connectivity index (χ4v) is 5.02. The summed E-state index contributed by atoms with van der Waals surface area (Å²) < 4.78 is 35.6. The molecule has 6 rings (SSSR count). The van der Waals surface area contributed by atoms with Crippen LogP contribution in [0.3, 0.4) is 0 Å². The van der Waals surface area contributed by atoms with E-state index in [1.54, 1.807) is 74.1 Å². The van der Waals surface area contributed by atoms with E-state index >= 15 is 4.39 Å². The van der Waals surface area contributed by atoms with Crippen molar-refractivity contribution in [2.75, 3.05) is 11.9 Å². The highest BCUT2D eigenvalue weighted by molar-refractivity contribution is 6.05. The van der Waals surface area contributed by atoms with Gasteiger partial charge in [0.15, 0.2) is 11.6 Å². The predicted octanol–water partition coefficient (Wildman–Crippen LogP) is 5.02. The number of amides is 1. The number of ether oxygens (including phenoxy) is 3. The maximum atomic E-state index is 15.2. The van der Waals surface area contributed by atoms with Crippen LogP contribution in [0.1, 0.15) is 35.8 Å². The Morgan fingerprint density at radius 2 is 1.83 bits per heavy atom. The second-order valence-corrected chi connectivity index (χ2v) is 11.3. The van der Waals surface area contributed by atoms with E-state index in [1.165, 1.54) is 23.0 Å². The summed E-state index contributed by atoms with van der Waals surface area (Å²) in [6, 6.07) is 19.1. The molecule has 0 spiro atoms. The third kappa shape index (κ3) is 6.07. The van der Waals surface area contributed by atoms with E-state index in [0.717, 1.165) is 6.07 Å². The average molecular weight is 626 g/mol. The van der Waals surface area contributed by atoms with Crippen molar-refractivity contribution in [3.05, 3.63) is 106 Å². The molecule has 0 unspecified atom stereocenters. The Balaban J connectivity index is 1.15. The van der Waals surface area contributed by atoms with Crippen LogP contribution in [0.4, 0.5) is 10.1 Å². The highest BCUT2D eigenvalue weighted by atomic mass is 19.1. The van der Waals surface area contributed by atoms with Crippen LogP contribution in [0.25, 0.3) is 16.6 Å². The van der Waals surface area contributed by atoms with Gasteiger partial charge in [0.05, 0.1) is 16.9 Å². The number of anilines is 1. The molecule has 236 valence electrons. The Hall–Kier alpha value is -5.49. The van der Waals surface area contributed by atoms with Gasteiger partial charge in [0, 0.05) is 36.5 Å². The zero-order valence-corrected chi connectivity index (χ0v) is 25.5. The summed E-state index contributed by atoms with van der Waals surface area (Å²) in [7, 11) is 1.69. The molecular weight excluding hydrogens is 593 g/mol. The molecule has 1 saturated carbocycles. The van der Waals surface area contributed by atoms with E-state index in [-0.39, 0.29) is 23.6 Å². The molecule has 11 nitrogen and oxygen atoms in total. The lowest BCUT2D eigenvalue weighted by Crippen LogP contribution is -2.35. The van der Waals surface area contributed by atoms with Gasteiger partial charge in [0.25, 0.3) is 11.5 Å². The van der Waals surface area contributed by atoms with Gasteiger partial charge in [-0.2, -0.15) is 0 Å². The van der Waals surface area contributed by atoms with Crippen LogP contribution in [0, 0.1) is 12.7 Å². The standard InChI is InChI=1S/C34H32FN5O6/c1-20(36)33(43)46-34(14-15-34)19-44-24-10-11-25-27(18-24)37-16-13-28(25)45-29-12-9-22(17-26(29)35)38-31(41)30-21(2)39(3)40(32(30)42)23-7-5-4-6-8-23/h4-13,16-18,20H,14-15,19,36H2,1-3H3,(H,38,41)/t20-/m0/s1. The van der Waals surface area contributed by atoms with Crippen molar-refractivity contribution in [3.63, 3.8) is 0 Å². The number of aromatic nitrogens is 3. The van der Waals surface area contributed by atoms with Crippen molar-refractivity contribution in [1.82, 2.24) is 14.3 Å². The molecule has 0 bridgehead atoms. The van der Waals surface area contributed by atoms with E-state index in [1.807, 2.05) is 6.07 Å². The molecule has 1 amide bonds. The Labute approximate surface area is 263 Å². The number of hydrogen-bond acceptors (Lipinski definition) is 8. The number of nitrogens with one attached hydrogen (secondary N) is 1. The Morgan fingerprint density at radius 1 is 1.07 bits per heavy atom. The first-order valence-electron chi connectivity index (χ1n) is 14.7. The molecule has 46 heavy (non-hydrogen) atoms. The number of fused-ring (bicyclic) bond motifs is 1. The normalized spacial score (nSPS) is 14.0. The van der Waals surface area contributed by atoms with Crippen LogP contribution in [0.15, 0.2) is 83.8 Å². The van der Waals surface area contributed by atoms with Crippen molar-refractivity contribution in [1.29, 1.82) is 0 Å². The van der Waals surface area contributed by atoms with Gasteiger partial charge >= 0.3 is 5.97 Å². The summed E-state index contributed by atoms with van der Waals surface area (Å²) in [6.07, 6.45) is 2.93. The van der Waals surface area contributed by atoms with Gasteiger partial charge in [0.1, 0.15) is 35.3 Å². The summed E-state index contributed by atoms with van der Waals surface area (Å²) in [4.78, 5) is 42.6. The molecule has 0 saturated heterocycles. The lowest BCUT2D eigenvalue weighted by molar-refractivity contribution is -0.154. The van der Waals surface area contributed by atoms with Gasteiger partial charge in [0.2, 0.25) is 0 Å². The predicted molar refractivity (Wildman–Crippen MR) is 169 cm³/mol. The number of benzene rings is 3. The largest absolute Gasteiger partial charge is 0.489 e. The number of hydrogen-bond donors (Lipinski definition) is 2. The van der Waals surface area contributed by atoms with Gasteiger partial charge in [-0.05, 0) is 69.2 Å². The minimum absolute atomic E-state index is 0.0443. The van der Waals surface area contributed by atoms with E-state index in [4.69, 9.17) is 19.9 Å². The number of carbonyl (C=O) groups is 2. The highest BCUT2D eigenvalue weighted by Gasteiger charge is 2.48. The van der Waals surface area contributed by atoms with Gasteiger partial charge in [-0.1, -0.05) is 18.2 Å². The average Bonchev–Trinajstić information content (AvgIpc) is 3.76. The molecule has 3 aromatic carbocycles. The molecule has 1 fully saturated rings. The van der Waals surface area contributed by atoms with Gasteiger partial charge in [-0.3, -0.25) is 24.0 Å². The summed E-state index contributed by atoms with van der Waals surface area (Å²) >= 11 is 0. The number of para-hydroxylation sites is 1. The fourth-order valence-electron chi connectivity index (χ4n) is 5.02. The summed E-state index contributed by atoms with van der Waals surface area (Å²) in [5, 5.41) is 3.24. The minimum Gasteiger partial charge on any atom is -0.489 e. The first-order chi connectivity index (χ1) is 22.0. The zero-order valence-electron chi connectivity index (χ0n) is 25.5. The van der Waals surface area contributed by atoms with E-state index in [0.29, 0.717) is 46.6 Å². The van der Waals surface area contributed by atoms with Gasteiger partial charge < -0.3 is 25.3 Å². The monoisotopic (exact) mass is 625 g/mol. The third-order valence-corrected chi connectivity index (χ3v) is 7.86. The fraction of sp³-hybridized carbons (Fsp3) is 0.235. The number of nitrogens with two attached hydrogens (primary N) is 1. The Kier molecular flexibility index (Phi) is 8.05. The van der Waals surface area contributed by atoms with Crippen LogP contribution in [-0.4, -0.2) is 44.5 Å². The van der Waals surface area contributed by atoms with Gasteiger partial charge in [-0.25, -0.2) is 9.07 Å². The number of esters is 1. The molecule has 1 aliphatic rings. The number of rotatable bonds is 10.